The minimum absolute atomic E-state index is 0.0535. The normalized spacial score (nSPS) is 11.5. The lowest BCUT2D eigenvalue weighted by Gasteiger charge is -2.07. The van der Waals surface area contributed by atoms with E-state index in [1.807, 2.05) is 0 Å². The molecule has 0 fully saturated rings. The third-order valence-electron chi connectivity index (χ3n) is 2.06. The molecule has 0 atom stereocenters. The van der Waals surface area contributed by atoms with Crippen LogP contribution < -0.4 is 5.32 Å². The van der Waals surface area contributed by atoms with Crippen molar-refractivity contribution in [2.45, 2.75) is 12.6 Å². The maximum Gasteiger partial charge on any atom is 0.416 e. The number of carbonyl (C=O) groups is 1. The number of nitrogens with one attached hydrogen (secondary N) is 1. The zero-order chi connectivity index (χ0) is 12.2. The Hall–Kier alpha value is -1.36. The second-order valence-corrected chi connectivity index (χ2v) is 3.44. The lowest BCUT2D eigenvalue weighted by Crippen LogP contribution is -2.20. The molecule has 0 unspecified atom stereocenters. The molecule has 0 aromatic heterocycles. The summed E-state index contributed by atoms with van der Waals surface area (Å²) >= 11 is 0. The Morgan fingerprint density at radius 1 is 1.25 bits per heavy atom. The van der Waals surface area contributed by atoms with Crippen molar-refractivity contribution in [2.24, 2.45) is 0 Å². The summed E-state index contributed by atoms with van der Waals surface area (Å²) in [4.78, 5) is 11.2. The Morgan fingerprint density at radius 2 is 1.81 bits per heavy atom. The van der Waals surface area contributed by atoms with Crippen LogP contribution in [0.2, 0.25) is 0 Å². The van der Waals surface area contributed by atoms with E-state index in [4.69, 9.17) is 0 Å². The summed E-state index contributed by atoms with van der Waals surface area (Å²) in [7, 11) is 1.64. The molecule has 0 saturated heterocycles. The molecule has 1 aromatic carbocycles. The van der Waals surface area contributed by atoms with Gasteiger partial charge in [0.1, 0.15) is 0 Å². The van der Waals surface area contributed by atoms with E-state index in [-0.39, 0.29) is 18.7 Å². The van der Waals surface area contributed by atoms with Gasteiger partial charge >= 0.3 is 6.18 Å². The maximum atomic E-state index is 12.2. The molecule has 2 nitrogen and oxygen atoms in total. The number of likely N-dealkylation sites (N-methyl/N-ethyl adjacent to an activating group) is 1. The van der Waals surface area contributed by atoms with E-state index in [0.29, 0.717) is 5.56 Å². The average Bonchev–Trinajstić information content (AvgIpc) is 2.17. The first kappa shape index (κ1) is 12.7. The lowest BCUT2D eigenvalue weighted by atomic mass is 10.1. The Labute approximate surface area is 91.5 Å². The second kappa shape index (κ2) is 5.12. The van der Waals surface area contributed by atoms with Crippen LogP contribution in [0.15, 0.2) is 24.3 Å². The predicted molar refractivity (Wildman–Crippen MR) is 54.1 cm³/mol. The van der Waals surface area contributed by atoms with E-state index in [1.165, 1.54) is 12.1 Å². The average molecular weight is 231 g/mol. The summed E-state index contributed by atoms with van der Waals surface area (Å²) < 4.78 is 36.7. The molecule has 0 amide bonds. The zero-order valence-electron chi connectivity index (χ0n) is 8.77. The first-order valence-electron chi connectivity index (χ1n) is 4.76. The molecule has 0 bridgehead atoms. The quantitative estimate of drug-likeness (QED) is 0.859. The molecular formula is C11H12F3NO. The van der Waals surface area contributed by atoms with E-state index in [2.05, 4.69) is 5.32 Å². The van der Waals surface area contributed by atoms with Crippen molar-refractivity contribution < 1.29 is 18.0 Å². The third kappa shape index (κ3) is 3.66. The van der Waals surface area contributed by atoms with Crippen LogP contribution in [-0.4, -0.2) is 19.4 Å². The Balaban J connectivity index is 2.69. The molecule has 1 rings (SSSR count). The van der Waals surface area contributed by atoms with Crippen molar-refractivity contribution in [1.82, 2.24) is 5.32 Å². The first-order valence-corrected chi connectivity index (χ1v) is 4.76. The van der Waals surface area contributed by atoms with Gasteiger partial charge in [-0.25, -0.2) is 0 Å². The van der Waals surface area contributed by atoms with Gasteiger partial charge in [0.05, 0.1) is 12.1 Å². The summed E-state index contributed by atoms with van der Waals surface area (Å²) in [5.41, 5.74) is -0.106. The summed E-state index contributed by atoms with van der Waals surface area (Å²) in [6.45, 7) is 0.223. The second-order valence-electron chi connectivity index (χ2n) is 3.44. The van der Waals surface area contributed by atoms with Gasteiger partial charge in [0.15, 0.2) is 5.78 Å². The van der Waals surface area contributed by atoms with Crippen LogP contribution in [0, 0.1) is 0 Å². The SMILES string of the molecule is CNCC(=O)Cc1ccc(C(F)(F)F)cc1. The van der Waals surface area contributed by atoms with Crippen LogP contribution in [0.4, 0.5) is 13.2 Å². The molecular weight excluding hydrogens is 219 g/mol. The van der Waals surface area contributed by atoms with Gasteiger partial charge in [-0.1, -0.05) is 12.1 Å². The molecule has 88 valence electrons. The molecule has 0 aliphatic carbocycles. The molecule has 0 aliphatic heterocycles. The molecule has 5 heteroatoms. The van der Waals surface area contributed by atoms with E-state index >= 15 is 0 Å². The van der Waals surface area contributed by atoms with Gasteiger partial charge in [0.2, 0.25) is 0 Å². The van der Waals surface area contributed by atoms with Crippen molar-refractivity contribution >= 4 is 5.78 Å². The molecule has 1 aromatic rings. The van der Waals surface area contributed by atoms with Crippen molar-refractivity contribution in [1.29, 1.82) is 0 Å². The summed E-state index contributed by atoms with van der Waals surface area (Å²) in [5, 5.41) is 2.69. The Bertz CT molecular complexity index is 356. The molecule has 0 heterocycles. The van der Waals surface area contributed by atoms with E-state index in [0.717, 1.165) is 12.1 Å². The number of halogens is 3. The maximum absolute atomic E-state index is 12.2. The summed E-state index contributed by atoms with van der Waals surface area (Å²) in [6.07, 6.45) is -4.17. The lowest BCUT2D eigenvalue weighted by molar-refractivity contribution is -0.137. The smallest absolute Gasteiger partial charge is 0.313 e. The number of hydrogen-bond acceptors (Lipinski definition) is 2. The number of rotatable bonds is 4. The predicted octanol–water partition coefficient (Wildman–Crippen LogP) is 2.04. The van der Waals surface area contributed by atoms with Gasteiger partial charge in [-0.15, -0.1) is 0 Å². The molecule has 0 radical (unpaired) electrons. The molecule has 0 aliphatic rings. The monoisotopic (exact) mass is 231 g/mol. The Morgan fingerprint density at radius 3 is 2.25 bits per heavy atom. The number of alkyl halides is 3. The molecule has 0 saturated carbocycles. The molecule has 1 N–H and O–H groups in total. The van der Waals surface area contributed by atoms with Gasteiger partial charge in [0, 0.05) is 6.42 Å². The highest BCUT2D eigenvalue weighted by Gasteiger charge is 2.29. The first-order chi connectivity index (χ1) is 7.43. The van der Waals surface area contributed by atoms with E-state index < -0.39 is 11.7 Å². The summed E-state index contributed by atoms with van der Waals surface area (Å²) in [5.74, 6) is -0.0535. The fraction of sp³-hybridized carbons (Fsp3) is 0.364. The van der Waals surface area contributed by atoms with Crippen LogP contribution in [-0.2, 0) is 17.4 Å². The van der Waals surface area contributed by atoms with Crippen LogP contribution in [0.3, 0.4) is 0 Å². The minimum atomic E-state index is -4.33. The third-order valence-corrected chi connectivity index (χ3v) is 2.06. The van der Waals surface area contributed by atoms with Gasteiger partial charge in [-0.3, -0.25) is 4.79 Å². The van der Waals surface area contributed by atoms with Crippen molar-refractivity contribution in [3.63, 3.8) is 0 Å². The molecule has 16 heavy (non-hydrogen) atoms. The van der Waals surface area contributed by atoms with E-state index in [1.54, 1.807) is 7.05 Å². The van der Waals surface area contributed by atoms with Crippen LogP contribution in [0.5, 0.6) is 0 Å². The van der Waals surface area contributed by atoms with E-state index in [9.17, 15) is 18.0 Å². The largest absolute Gasteiger partial charge is 0.416 e. The topological polar surface area (TPSA) is 29.1 Å². The van der Waals surface area contributed by atoms with Crippen molar-refractivity contribution in [2.75, 3.05) is 13.6 Å². The Kier molecular flexibility index (Phi) is 4.06. The highest BCUT2D eigenvalue weighted by Crippen LogP contribution is 2.29. The number of ketones is 1. The number of benzene rings is 1. The summed E-state index contributed by atoms with van der Waals surface area (Å²) in [6, 6.07) is 4.64. The number of Topliss-reactive ketones (excluding diaryl/α,β-unsaturated/α-hetero) is 1. The van der Waals surface area contributed by atoms with Gasteiger partial charge in [-0.05, 0) is 24.7 Å². The van der Waals surface area contributed by atoms with Crippen molar-refractivity contribution in [3.8, 4) is 0 Å². The zero-order valence-corrected chi connectivity index (χ0v) is 8.77. The highest BCUT2D eigenvalue weighted by atomic mass is 19.4. The van der Waals surface area contributed by atoms with Crippen LogP contribution in [0.1, 0.15) is 11.1 Å². The number of hydrogen-bond donors (Lipinski definition) is 1. The highest BCUT2D eigenvalue weighted by molar-refractivity contribution is 5.82. The standard InChI is InChI=1S/C11H12F3NO/c1-15-7-10(16)6-8-2-4-9(5-3-8)11(12,13)14/h2-5,15H,6-7H2,1H3. The van der Waals surface area contributed by atoms with Crippen LogP contribution >= 0.6 is 0 Å². The van der Waals surface area contributed by atoms with Gasteiger partial charge in [-0.2, -0.15) is 13.2 Å². The number of carbonyl (C=O) groups excluding carboxylic acids is 1. The van der Waals surface area contributed by atoms with Gasteiger partial charge < -0.3 is 5.32 Å². The van der Waals surface area contributed by atoms with Crippen molar-refractivity contribution in [3.05, 3.63) is 35.4 Å². The van der Waals surface area contributed by atoms with Gasteiger partial charge in [0.25, 0.3) is 0 Å². The molecule has 0 spiro atoms. The fourth-order valence-electron chi connectivity index (χ4n) is 1.30. The minimum Gasteiger partial charge on any atom is -0.313 e. The fourth-order valence-corrected chi connectivity index (χ4v) is 1.30. The van der Waals surface area contributed by atoms with Crippen LogP contribution in [0.25, 0.3) is 0 Å².